The van der Waals surface area contributed by atoms with Crippen LogP contribution in [0, 0.1) is 11.8 Å². The molecule has 0 aliphatic carbocycles. The van der Waals surface area contributed by atoms with E-state index in [9.17, 15) is 0 Å². The molecule has 35 heavy (non-hydrogen) atoms. The lowest BCUT2D eigenvalue weighted by Gasteiger charge is -2.29. The van der Waals surface area contributed by atoms with Gasteiger partial charge in [0.05, 0.1) is 19.8 Å². The summed E-state index contributed by atoms with van der Waals surface area (Å²) in [4.78, 5) is 0. The Morgan fingerprint density at radius 3 is 2.17 bits per heavy atom. The Labute approximate surface area is 213 Å². The Morgan fingerprint density at radius 2 is 1.51 bits per heavy atom. The summed E-state index contributed by atoms with van der Waals surface area (Å²) < 4.78 is 18.0. The van der Waals surface area contributed by atoms with Gasteiger partial charge in [-0.05, 0) is 61.3 Å². The summed E-state index contributed by atoms with van der Waals surface area (Å²) >= 11 is 0. The van der Waals surface area contributed by atoms with Gasteiger partial charge in [0, 0.05) is 11.5 Å². The predicted molar refractivity (Wildman–Crippen MR) is 147 cm³/mol. The zero-order valence-electron chi connectivity index (χ0n) is 22.1. The lowest BCUT2D eigenvalue weighted by molar-refractivity contribution is -0.206. The summed E-state index contributed by atoms with van der Waals surface area (Å²) in [6, 6.07) is 17.0. The van der Waals surface area contributed by atoms with E-state index in [4.69, 9.17) is 14.2 Å². The molecule has 0 N–H and O–H groups in total. The zero-order chi connectivity index (χ0) is 24.7. The molecule has 3 rings (SSSR count). The van der Waals surface area contributed by atoms with E-state index in [1.807, 2.05) is 6.08 Å². The number of unbranched alkanes of at least 4 members (excludes halogenated alkanes) is 5. The summed E-state index contributed by atoms with van der Waals surface area (Å²) in [7, 11) is 0. The molecule has 2 aromatic carbocycles. The van der Waals surface area contributed by atoms with Crippen LogP contribution in [0.4, 0.5) is 0 Å². The number of hydrogen-bond acceptors (Lipinski definition) is 3. The van der Waals surface area contributed by atoms with Gasteiger partial charge in [-0.2, -0.15) is 0 Å². The van der Waals surface area contributed by atoms with Crippen molar-refractivity contribution in [2.45, 2.75) is 84.3 Å². The number of ether oxygens (including phenoxy) is 3. The third-order valence-corrected chi connectivity index (χ3v) is 7.16. The lowest BCUT2D eigenvalue weighted by atomic mass is 10.0. The highest BCUT2D eigenvalue weighted by atomic mass is 16.7. The standard InChI is InChI=1S/C32H46O3/c1-4-6-7-8-9-10-11-14-27-24-34-32(35-25-27)30-17-15-28(16-18-30)29-19-21-31(22-20-29)33-23-12-13-26(3)5-2/h4,15-22,26-27,32H,1,5-14,23-25H2,2-3H3/t26-,27-,32-/m0/s1. The van der Waals surface area contributed by atoms with Crippen LogP contribution in [-0.4, -0.2) is 19.8 Å². The van der Waals surface area contributed by atoms with Crippen molar-refractivity contribution < 1.29 is 14.2 Å². The van der Waals surface area contributed by atoms with Crippen molar-refractivity contribution in [2.75, 3.05) is 19.8 Å². The zero-order valence-corrected chi connectivity index (χ0v) is 22.1. The third-order valence-electron chi connectivity index (χ3n) is 7.16. The maximum atomic E-state index is 6.07. The molecule has 0 saturated carbocycles. The molecule has 0 amide bonds. The first-order valence-corrected chi connectivity index (χ1v) is 13.9. The minimum Gasteiger partial charge on any atom is -0.494 e. The minimum absolute atomic E-state index is 0.245. The fourth-order valence-electron chi connectivity index (χ4n) is 4.56. The van der Waals surface area contributed by atoms with E-state index >= 15 is 0 Å². The first-order valence-electron chi connectivity index (χ1n) is 13.9. The molecular formula is C32H46O3. The minimum atomic E-state index is -0.245. The van der Waals surface area contributed by atoms with Gasteiger partial charge < -0.3 is 14.2 Å². The monoisotopic (exact) mass is 478 g/mol. The first-order chi connectivity index (χ1) is 17.2. The van der Waals surface area contributed by atoms with Crippen molar-refractivity contribution in [1.29, 1.82) is 0 Å². The van der Waals surface area contributed by atoms with Crippen LogP contribution < -0.4 is 4.74 Å². The highest BCUT2D eigenvalue weighted by Crippen LogP contribution is 2.30. The van der Waals surface area contributed by atoms with E-state index in [-0.39, 0.29) is 6.29 Å². The Balaban J connectivity index is 1.36. The molecule has 0 radical (unpaired) electrons. The van der Waals surface area contributed by atoms with Crippen LogP contribution in [0.1, 0.15) is 89.9 Å². The summed E-state index contributed by atoms with van der Waals surface area (Å²) in [5.41, 5.74) is 3.48. The maximum Gasteiger partial charge on any atom is 0.183 e. The van der Waals surface area contributed by atoms with Gasteiger partial charge in [0.2, 0.25) is 0 Å². The number of rotatable bonds is 16. The van der Waals surface area contributed by atoms with Crippen molar-refractivity contribution in [1.82, 2.24) is 0 Å². The van der Waals surface area contributed by atoms with E-state index in [0.717, 1.165) is 49.9 Å². The molecular weight excluding hydrogens is 432 g/mol. The van der Waals surface area contributed by atoms with Crippen molar-refractivity contribution in [3.63, 3.8) is 0 Å². The molecule has 0 bridgehead atoms. The quantitative estimate of drug-likeness (QED) is 0.178. The molecule has 1 heterocycles. The highest BCUT2D eigenvalue weighted by Gasteiger charge is 2.23. The number of benzene rings is 2. The Morgan fingerprint density at radius 1 is 0.886 bits per heavy atom. The molecule has 1 atom stereocenters. The van der Waals surface area contributed by atoms with Crippen LogP contribution >= 0.6 is 0 Å². The molecule has 2 aromatic rings. The normalized spacial score (nSPS) is 18.8. The molecule has 3 nitrogen and oxygen atoms in total. The summed E-state index contributed by atoms with van der Waals surface area (Å²) in [5.74, 6) is 2.25. The van der Waals surface area contributed by atoms with Gasteiger partial charge in [0.1, 0.15) is 5.75 Å². The fraction of sp³-hybridized carbons (Fsp3) is 0.562. The highest BCUT2D eigenvalue weighted by molar-refractivity contribution is 5.64. The SMILES string of the molecule is C=CCCCCCCC[C@H]1CO[C@H](c2ccc(-c3ccc(OCCC[C@@H](C)CC)cc3)cc2)OC1. The van der Waals surface area contributed by atoms with Gasteiger partial charge in [0.15, 0.2) is 6.29 Å². The Bertz CT molecular complexity index is 819. The van der Waals surface area contributed by atoms with E-state index in [2.05, 4.69) is 69.0 Å². The van der Waals surface area contributed by atoms with Crippen LogP contribution in [0.25, 0.3) is 11.1 Å². The van der Waals surface area contributed by atoms with Gasteiger partial charge in [-0.15, -0.1) is 6.58 Å². The van der Waals surface area contributed by atoms with Crippen LogP contribution in [0.2, 0.25) is 0 Å². The van der Waals surface area contributed by atoms with E-state index in [1.165, 1.54) is 62.5 Å². The number of hydrogen-bond donors (Lipinski definition) is 0. The van der Waals surface area contributed by atoms with Gasteiger partial charge in [0.25, 0.3) is 0 Å². The van der Waals surface area contributed by atoms with Gasteiger partial charge in [-0.1, -0.05) is 88.4 Å². The van der Waals surface area contributed by atoms with Crippen molar-refractivity contribution in [3.8, 4) is 16.9 Å². The van der Waals surface area contributed by atoms with Crippen LogP contribution in [0.15, 0.2) is 61.2 Å². The Hall–Kier alpha value is -2.10. The van der Waals surface area contributed by atoms with Crippen molar-refractivity contribution in [3.05, 3.63) is 66.7 Å². The van der Waals surface area contributed by atoms with Gasteiger partial charge in [-0.25, -0.2) is 0 Å². The lowest BCUT2D eigenvalue weighted by Crippen LogP contribution is -2.27. The predicted octanol–water partition coefficient (Wildman–Crippen LogP) is 9.14. The van der Waals surface area contributed by atoms with Crippen LogP contribution in [0.5, 0.6) is 5.75 Å². The van der Waals surface area contributed by atoms with E-state index < -0.39 is 0 Å². The molecule has 192 valence electrons. The molecule has 0 unspecified atom stereocenters. The second-order valence-corrected chi connectivity index (χ2v) is 10.1. The Kier molecular flexibility index (Phi) is 12.4. The van der Waals surface area contributed by atoms with Gasteiger partial charge >= 0.3 is 0 Å². The topological polar surface area (TPSA) is 27.7 Å². The van der Waals surface area contributed by atoms with E-state index in [1.54, 1.807) is 0 Å². The van der Waals surface area contributed by atoms with Gasteiger partial charge in [-0.3, -0.25) is 0 Å². The second-order valence-electron chi connectivity index (χ2n) is 10.1. The molecule has 1 aliphatic rings. The average Bonchev–Trinajstić information content (AvgIpc) is 2.91. The van der Waals surface area contributed by atoms with Crippen molar-refractivity contribution in [2.24, 2.45) is 11.8 Å². The molecule has 0 aromatic heterocycles. The molecule has 1 aliphatic heterocycles. The molecule has 1 fully saturated rings. The second kappa shape index (κ2) is 15.8. The molecule has 1 saturated heterocycles. The molecule has 3 heteroatoms. The molecule has 0 spiro atoms. The summed E-state index contributed by atoms with van der Waals surface area (Å²) in [5, 5.41) is 0. The largest absolute Gasteiger partial charge is 0.494 e. The summed E-state index contributed by atoms with van der Waals surface area (Å²) in [6.07, 6.45) is 14.2. The van der Waals surface area contributed by atoms with Crippen LogP contribution in [0.3, 0.4) is 0 Å². The van der Waals surface area contributed by atoms with Crippen LogP contribution in [-0.2, 0) is 9.47 Å². The smallest absolute Gasteiger partial charge is 0.183 e. The number of allylic oxidation sites excluding steroid dienone is 1. The third kappa shape index (κ3) is 9.82. The summed E-state index contributed by atoms with van der Waals surface area (Å²) in [6.45, 7) is 10.7. The van der Waals surface area contributed by atoms with Crippen molar-refractivity contribution >= 4 is 0 Å². The van der Waals surface area contributed by atoms with E-state index in [0.29, 0.717) is 5.92 Å². The average molecular weight is 479 g/mol. The fourth-order valence-corrected chi connectivity index (χ4v) is 4.56. The maximum absolute atomic E-state index is 6.07. The first kappa shape index (κ1) is 27.5.